The molecule has 4 rings (SSSR count). The van der Waals surface area contributed by atoms with Crippen molar-refractivity contribution in [2.24, 2.45) is 0 Å². The number of nitrogens with zero attached hydrogens (tertiary/aromatic N) is 4. The fourth-order valence-electron chi connectivity index (χ4n) is 6.36. The van der Waals surface area contributed by atoms with E-state index in [1.54, 1.807) is 27.7 Å². The molecule has 21 heteroatoms. The number of hydrogen-bond acceptors (Lipinski definition) is 17. The lowest BCUT2D eigenvalue weighted by Gasteiger charge is -2.20. The average molecular weight is 935 g/mol. The van der Waals surface area contributed by atoms with Gasteiger partial charge in [-0.25, -0.2) is 31.0 Å². The fourth-order valence-corrected chi connectivity index (χ4v) is 8.09. The SMILES string of the molecule is COCCOc1c(S(C)(=O)=O)ccc(C(=O)c2cnn(C(C)C)c2OC(C)COC(=O)OCC(C)Oc2c(C(=O)c3ccc(S(C)(=O)=O)c(OCCOC)c3C)cnn2C(C)C)c1C. The molecule has 0 fully saturated rings. The highest BCUT2D eigenvalue weighted by molar-refractivity contribution is 7.91. The molecule has 0 saturated carbocycles. The number of rotatable bonds is 24. The van der Waals surface area contributed by atoms with E-state index in [0.29, 0.717) is 11.1 Å². The number of ether oxygens (including phenoxy) is 8. The summed E-state index contributed by atoms with van der Waals surface area (Å²) in [7, 11) is -4.46. The van der Waals surface area contributed by atoms with Crippen LogP contribution < -0.4 is 18.9 Å². The molecule has 19 nitrogen and oxygen atoms in total. The first-order valence-corrected chi connectivity index (χ1v) is 24.1. The maximum absolute atomic E-state index is 14.1. The molecule has 2 unspecified atom stereocenters. The van der Waals surface area contributed by atoms with Crippen molar-refractivity contribution in [3.05, 3.63) is 70.0 Å². The van der Waals surface area contributed by atoms with Crippen molar-refractivity contribution in [1.82, 2.24) is 19.6 Å². The largest absolute Gasteiger partial charge is 0.508 e. The topological polar surface area (TPSA) is 229 Å². The zero-order chi connectivity index (χ0) is 47.7. The summed E-state index contributed by atoms with van der Waals surface area (Å²) in [5.74, 6) is -0.727. The first-order chi connectivity index (χ1) is 30.0. The maximum Gasteiger partial charge on any atom is 0.508 e. The minimum Gasteiger partial charge on any atom is -0.490 e. The summed E-state index contributed by atoms with van der Waals surface area (Å²) in [5, 5.41) is 8.73. The number of methoxy groups -OCH3 is 2. The lowest BCUT2D eigenvalue weighted by molar-refractivity contribution is 0.00940. The molecule has 0 N–H and O–H groups in total. The number of aromatic nitrogens is 4. The summed E-state index contributed by atoms with van der Waals surface area (Å²) in [6, 6.07) is 4.96. The van der Waals surface area contributed by atoms with E-state index >= 15 is 0 Å². The molecule has 0 aliphatic rings. The Bertz CT molecular complexity index is 2360. The molecule has 0 amide bonds. The lowest BCUT2D eigenvalue weighted by Crippen LogP contribution is -2.27. The molecular formula is C43H58N4O15S2. The second-order valence-corrected chi connectivity index (χ2v) is 19.5. The van der Waals surface area contributed by atoms with Gasteiger partial charge >= 0.3 is 6.16 Å². The Labute approximate surface area is 374 Å². The van der Waals surface area contributed by atoms with Crippen LogP contribution in [0.2, 0.25) is 0 Å². The van der Waals surface area contributed by atoms with Crippen molar-refractivity contribution in [2.45, 2.75) is 89.5 Å². The molecule has 64 heavy (non-hydrogen) atoms. The van der Waals surface area contributed by atoms with E-state index in [2.05, 4.69) is 10.2 Å². The lowest BCUT2D eigenvalue weighted by atomic mass is 10.00. The summed E-state index contributed by atoms with van der Waals surface area (Å²) in [4.78, 5) is 40.8. The molecule has 0 spiro atoms. The molecule has 4 aromatic rings. The van der Waals surface area contributed by atoms with Crippen LogP contribution in [0.5, 0.6) is 23.3 Å². The molecule has 0 bridgehead atoms. The summed E-state index contributed by atoms with van der Waals surface area (Å²) in [6.07, 6.45) is 2.15. The van der Waals surface area contributed by atoms with Gasteiger partial charge in [0.05, 0.1) is 37.7 Å². The standard InChI is InChI=1S/C43H58N4O15S2/c1-25(2)46-41(33(21-44-46)37(48)31-13-15-35(63(11,51)52)39(29(31)7)57-19-17-55-9)61-27(5)23-59-43(50)60-24-28(6)62-42-34(22-45-47(42)26(3)4)38(49)32-14-16-36(64(12,53)54)40(30(32)8)58-20-18-56-10/h13-16,21-22,25-28H,17-20,23-24H2,1-12H3. The number of benzene rings is 2. The van der Waals surface area contributed by atoms with Crippen LogP contribution in [0.3, 0.4) is 0 Å². The van der Waals surface area contributed by atoms with Crippen LogP contribution in [0.1, 0.15) is 96.6 Å². The molecule has 2 aromatic heterocycles. The normalized spacial score (nSPS) is 12.8. The summed E-state index contributed by atoms with van der Waals surface area (Å²) in [6.45, 7) is 13.7. The third-order valence-corrected chi connectivity index (χ3v) is 11.8. The van der Waals surface area contributed by atoms with Gasteiger partial charge in [-0.3, -0.25) is 9.59 Å². The van der Waals surface area contributed by atoms with Gasteiger partial charge in [0.1, 0.15) is 71.1 Å². The second kappa shape index (κ2) is 21.9. The molecule has 352 valence electrons. The van der Waals surface area contributed by atoms with Gasteiger partial charge in [-0.05, 0) is 79.7 Å². The van der Waals surface area contributed by atoms with Gasteiger partial charge in [-0.1, -0.05) is 0 Å². The van der Waals surface area contributed by atoms with Crippen molar-refractivity contribution >= 4 is 37.4 Å². The smallest absolute Gasteiger partial charge is 0.490 e. The Morgan fingerprint density at radius 1 is 0.578 bits per heavy atom. The van der Waals surface area contributed by atoms with E-state index < -0.39 is 49.6 Å². The molecule has 0 radical (unpaired) electrons. The zero-order valence-corrected chi connectivity index (χ0v) is 39.9. The molecule has 0 aliphatic heterocycles. The Morgan fingerprint density at radius 3 is 1.25 bits per heavy atom. The zero-order valence-electron chi connectivity index (χ0n) is 38.2. The van der Waals surface area contributed by atoms with Crippen LogP contribution in [0.4, 0.5) is 4.79 Å². The van der Waals surface area contributed by atoms with E-state index in [-0.39, 0.29) is 107 Å². The first-order valence-electron chi connectivity index (χ1n) is 20.3. The minimum atomic E-state index is -3.71. The quantitative estimate of drug-likeness (QED) is 0.0475. The number of sulfone groups is 2. The summed E-state index contributed by atoms with van der Waals surface area (Å²) in [5.41, 5.74) is 1.11. The highest BCUT2D eigenvalue weighted by Gasteiger charge is 2.30. The third kappa shape index (κ3) is 12.4. The Morgan fingerprint density at radius 2 is 0.938 bits per heavy atom. The molecular weight excluding hydrogens is 877 g/mol. The van der Waals surface area contributed by atoms with Crippen molar-refractivity contribution in [1.29, 1.82) is 0 Å². The van der Waals surface area contributed by atoms with Gasteiger partial charge < -0.3 is 37.9 Å². The summed E-state index contributed by atoms with van der Waals surface area (Å²) >= 11 is 0. The van der Waals surface area contributed by atoms with Crippen LogP contribution in [-0.4, -0.2) is 133 Å². The van der Waals surface area contributed by atoms with Gasteiger partial charge in [0.2, 0.25) is 11.8 Å². The van der Waals surface area contributed by atoms with Gasteiger partial charge in [0.25, 0.3) is 0 Å². The average Bonchev–Trinajstić information content (AvgIpc) is 3.83. The molecule has 2 heterocycles. The monoisotopic (exact) mass is 934 g/mol. The molecule has 2 atom stereocenters. The van der Waals surface area contributed by atoms with E-state index in [4.69, 9.17) is 37.9 Å². The van der Waals surface area contributed by atoms with Gasteiger partial charge in [-0.2, -0.15) is 10.2 Å². The predicted molar refractivity (Wildman–Crippen MR) is 233 cm³/mol. The van der Waals surface area contributed by atoms with Crippen molar-refractivity contribution < 1.29 is 69.1 Å². The molecule has 2 aromatic carbocycles. The molecule has 0 aliphatic carbocycles. The van der Waals surface area contributed by atoms with Crippen LogP contribution in [-0.2, 0) is 38.6 Å². The van der Waals surface area contributed by atoms with Crippen LogP contribution in [0, 0.1) is 13.8 Å². The predicted octanol–water partition coefficient (Wildman–Crippen LogP) is 5.57. The maximum atomic E-state index is 14.1. The third-order valence-electron chi connectivity index (χ3n) is 9.56. The van der Waals surface area contributed by atoms with Crippen molar-refractivity contribution in [2.75, 3.05) is 66.4 Å². The van der Waals surface area contributed by atoms with E-state index in [1.165, 1.54) is 60.2 Å². The van der Waals surface area contributed by atoms with Crippen LogP contribution in [0.25, 0.3) is 0 Å². The van der Waals surface area contributed by atoms with Crippen LogP contribution >= 0.6 is 0 Å². The van der Waals surface area contributed by atoms with Gasteiger partial charge in [-0.15, -0.1) is 0 Å². The fraction of sp³-hybridized carbons (Fsp3) is 0.512. The highest BCUT2D eigenvalue weighted by atomic mass is 32.2. The van der Waals surface area contributed by atoms with Crippen LogP contribution in [0.15, 0.2) is 46.5 Å². The number of hydrogen-bond donors (Lipinski definition) is 0. The van der Waals surface area contributed by atoms with E-state index in [0.717, 1.165) is 12.5 Å². The molecule has 0 saturated heterocycles. The van der Waals surface area contributed by atoms with E-state index in [9.17, 15) is 31.2 Å². The summed E-state index contributed by atoms with van der Waals surface area (Å²) < 4.78 is 97.9. The number of carbonyl (C=O) groups excluding carboxylic acids is 3. The van der Waals surface area contributed by atoms with Gasteiger partial charge in [0, 0.05) is 49.0 Å². The van der Waals surface area contributed by atoms with Crippen molar-refractivity contribution in [3.63, 3.8) is 0 Å². The van der Waals surface area contributed by atoms with E-state index in [1.807, 2.05) is 27.7 Å². The Hall–Kier alpha value is -5.51. The second-order valence-electron chi connectivity index (χ2n) is 15.5. The highest BCUT2D eigenvalue weighted by Crippen LogP contribution is 2.36. The van der Waals surface area contributed by atoms with Crippen molar-refractivity contribution in [3.8, 4) is 23.3 Å². The first kappa shape index (κ1) is 51.1. The number of carbonyl (C=O) groups is 3. The van der Waals surface area contributed by atoms with Gasteiger partial charge in [0.15, 0.2) is 31.2 Å². The minimum absolute atomic E-state index is 0.0381. The Balaban J connectivity index is 1.46. The Kier molecular flexibility index (Phi) is 17.5. The number of ketones is 2.